The van der Waals surface area contributed by atoms with Gasteiger partial charge >= 0.3 is 0 Å². The van der Waals surface area contributed by atoms with Gasteiger partial charge in [0.2, 0.25) is 0 Å². The van der Waals surface area contributed by atoms with Gasteiger partial charge in [-0.15, -0.1) is 0 Å². The molecule has 1 rings (SSSR count). The molecular weight excluding hydrogens is 136 g/mol. The number of amides is 1. The first kappa shape index (κ1) is 6.22. The molecule has 9 heavy (non-hydrogen) atoms. The summed E-state index contributed by atoms with van der Waals surface area (Å²) in [6.07, 6.45) is 1.63. The van der Waals surface area contributed by atoms with E-state index in [2.05, 4.69) is 4.37 Å². The van der Waals surface area contributed by atoms with Crippen molar-refractivity contribution in [2.24, 2.45) is 5.73 Å². The Morgan fingerprint density at radius 3 is 2.78 bits per heavy atom. The minimum absolute atomic E-state index is 0.394. The molecule has 0 fully saturated rings. The maximum Gasteiger partial charge on any atom is 0.260 e. The van der Waals surface area contributed by atoms with Crippen LogP contribution in [0, 0.1) is 6.92 Å². The highest BCUT2D eigenvalue weighted by atomic mass is 32.1. The van der Waals surface area contributed by atoms with E-state index in [9.17, 15) is 4.79 Å². The van der Waals surface area contributed by atoms with Gasteiger partial charge in [-0.1, -0.05) is 0 Å². The Labute approximate surface area is 56.7 Å². The Hall–Kier alpha value is -0.900. The van der Waals surface area contributed by atoms with Crippen LogP contribution in [0.15, 0.2) is 6.20 Å². The third kappa shape index (κ3) is 1.08. The second-order valence-corrected chi connectivity index (χ2v) is 2.50. The maximum atomic E-state index is 10.5. The summed E-state index contributed by atoms with van der Waals surface area (Å²) in [7, 11) is 0. The number of carbonyl (C=O) groups is 1. The van der Waals surface area contributed by atoms with E-state index in [1.54, 1.807) is 6.20 Å². The summed E-state index contributed by atoms with van der Waals surface area (Å²) in [5, 5.41) is 0. The van der Waals surface area contributed by atoms with Gasteiger partial charge in [0.1, 0.15) is 4.88 Å². The van der Waals surface area contributed by atoms with Crippen LogP contribution in [0.5, 0.6) is 0 Å². The quantitative estimate of drug-likeness (QED) is 0.622. The molecule has 1 amide bonds. The third-order valence-corrected chi connectivity index (χ3v) is 1.89. The second kappa shape index (κ2) is 2.14. The van der Waals surface area contributed by atoms with E-state index in [4.69, 9.17) is 5.73 Å². The largest absolute Gasteiger partial charge is 0.365 e. The molecule has 0 aliphatic heterocycles. The van der Waals surface area contributed by atoms with Gasteiger partial charge in [-0.25, -0.2) is 4.37 Å². The monoisotopic (exact) mass is 142 g/mol. The number of hydrogen-bond donors (Lipinski definition) is 1. The molecule has 48 valence electrons. The lowest BCUT2D eigenvalue weighted by atomic mass is 10.3. The molecule has 0 radical (unpaired) electrons. The summed E-state index contributed by atoms with van der Waals surface area (Å²) in [5.74, 6) is -0.394. The van der Waals surface area contributed by atoms with Crippen LogP contribution in [0.1, 0.15) is 15.2 Å². The number of nitrogens with zero attached hydrogens (tertiary/aromatic N) is 1. The first-order valence-corrected chi connectivity index (χ1v) is 3.20. The average Bonchev–Trinajstić information content (AvgIpc) is 2.13. The first-order valence-electron chi connectivity index (χ1n) is 2.43. The molecule has 0 aliphatic carbocycles. The predicted octanol–water partition coefficient (Wildman–Crippen LogP) is 0.550. The van der Waals surface area contributed by atoms with Crippen molar-refractivity contribution in [3.05, 3.63) is 16.6 Å². The Bertz CT molecular complexity index is 231. The van der Waals surface area contributed by atoms with Gasteiger partial charge in [-0.05, 0) is 24.0 Å². The number of nitrogens with two attached hydrogens (primary N) is 1. The van der Waals surface area contributed by atoms with Gasteiger partial charge in [-0.2, -0.15) is 0 Å². The SMILES string of the molecule is Cc1cnsc1C(N)=O. The topological polar surface area (TPSA) is 56.0 Å². The summed E-state index contributed by atoms with van der Waals surface area (Å²) < 4.78 is 3.78. The van der Waals surface area contributed by atoms with E-state index in [-0.39, 0.29) is 0 Å². The van der Waals surface area contributed by atoms with Gasteiger partial charge < -0.3 is 5.73 Å². The molecule has 1 heterocycles. The third-order valence-electron chi connectivity index (χ3n) is 0.972. The highest BCUT2D eigenvalue weighted by Crippen LogP contribution is 2.09. The van der Waals surface area contributed by atoms with E-state index in [1.165, 1.54) is 0 Å². The number of primary amides is 1. The zero-order chi connectivity index (χ0) is 6.85. The number of aromatic nitrogens is 1. The summed E-state index contributed by atoms with van der Waals surface area (Å²) in [5.41, 5.74) is 5.84. The van der Waals surface area contributed by atoms with E-state index < -0.39 is 5.91 Å². The minimum atomic E-state index is -0.394. The van der Waals surface area contributed by atoms with E-state index in [0.29, 0.717) is 4.88 Å². The van der Waals surface area contributed by atoms with Crippen molar-refractivity contribution in [2.75, 3.05) is 0 Å². The fourth-order valence-electron chi connectivity index (χ4n) is 0.528. The lowest BCUT2D eigenvalue weighted by Gasteiger charge is -1.85. The Balaban J connectivity index is 3.08. The molecule has 0 atom stereocenters. The lowest BCUT2D eigenvalue weighted by molar-refractivity contribution is 0.100. The molecule has 0 aromatic carbocycles. The number of aryl methyl sites for hydroxylation is 1. The molecule has 0 unspecified atom stereocenters. The molecular formula is C5H6N2OS. The van der Waals surface area contributed by atoms with Crippen LogP contribution in [0.25, 0.3) is 0 Å². The number of rotatable bonds is 1. The first-order chi connectivity index (χ1) is 4.22. The fraction of sp³-hybridized carbons (Fsp3) is 0.200. The van der Waals surface area contributed by atoms with Crippen molar-refractivity contribution >= 4 is 17.4 Å². The zero-order valence-corrected chi connectivity index (χ0v) is 5.73. The lowest BCUT2D eigenvalue weighted by Crippen LogP contribution is -2.09. The average molecular weight is 142 g/mol. The summed E-state index contributed by atoms with van der Waals surface area (Å²) in [6, 6.07) is 0. The van der Waals surface area contributed by atoms with Crippen LogP contribution in [-0.2, 0) is 0 Å². The zero-order valence-electron chi connectivity index (χ0n) is 4.92. The van der Waals surface area contributed by atoms with Crippen LogP contribution in [0.2, 0.25) is 0 Å². The number of carbonyl (C=O) groups excluding carboxylic acids is 1. The molecule has 0 saturated carbocycles. The predicted molar refractivity (Wildman–Crippen MR) is 35.4 cm³/mol. The Morgan fingerprint density at radius 2 is 2.56 bits per heavy atom. The fourth-order valence-corrected chi connectivity index (χ4v) is 1.13. The van der Waals surface area contributed by atoms with Gasteiger partial charge in [0.25, 0.3) is 5.91 Å². The van der Waals surface area contributed by atoms with Gasteiger partial charge in [0.05, 0.1) is 0 Å². The Morgan fingerprint density at radius 1 is 1.89 bits per heavy atom. The van der Waals surface area contributed by atoms with Crippen molar-refractivity contribution in [3.8, 4) is 0 Å². The molecule has 1 aromatic rings. The van der Waals surface area contributed by atoms with Crippen molar-refractivity contribution in [3.63, 3.8) is 0 Å². The van der Waals surface area contributed by atoms with Crippen LogP contribution in [0.4, 0.5) is 0 Å². The molecule has 0 saturated heterocycles. The van der Waals surface area contributed by atoms with Crippen LogP contribution in [0.3, 0.4) is 0 Å². The van der Waals surface area contributed by atoms with Gasteiger partial charge in [0.15, 0.2) is 0 Å². The minimum Gasteiger partial charge on any atom is -0.365 e. The van der Waals surface area contributed by atoms with E-state index >= 15 is 0 Å². The summed E-state index contributed by atoms with van der Waals surface area (Å²) in [6.45, 7) is 1.81. The van der Waals surface area contributed by atoms with Crippen molar-refractivity contribution < 1.29 is 4.79 Å². The van der Waals surface area contributed by atoms with Crippen molar-refractivity contribution in [1.29, 1.82) is 0 Å². The molecule has 2 N–H and O–H groups in total. The van der Waals surface area contributed by atoms with Gasteiger partial charge in [-0.3, -0.25) is 4.79 Å². The van der Waals surface area contributed by atoms with Crippen LogP contribution in [-0.4, -0.2) is 10.3 Å². The van der Waals surface area contributed by atoms with E-state index in [1.807, 2.05) is 6.92 Å². The van der Waals surface area contributed by atoms with Crippen molar-refractivity contribution in [2.45, 2.75) is 6.92 Å². The maximum absolute atomic E-state index is 10.5. The van der Waals surface area contributed by atoms with Crippen LogP contribution < -0.4 is 5.73 Å². The molecule has 3 nitrogen and oxygen atoms in total. The van der Waals surface area contributed by atoms with E-state index in [0.717, 1.165) is 17.1 Å². The summed E-state index contributed by atoms with van der Waals surface area (Å²) in [4.78, 5) is 11.0. The highest BCUT2D eigenvalue weighted by Gasteiger charge is 2.05. The van der Waals surface area contributed by atoms with Gasteiger partial charge in [0, 0.05) is 6.20 Å². The molecule has 4 heteroatoms. The van der Waals surface area contributed by atoms with Crippen molar-refractivity contribution in [1.82, 2.24) is 4.37 Å². The molecule has 1 aromatic heterocycles. The summed E-state index contributed by atoms with van der Waals surface area (Å²) >= 11 is 1.13. The van der Waals surface area contributed by atoms with Crippen LogP contribution >= 0.6 is 11.5 Å². The normalized spacial score (nSPS) is 9.44. The standard InChI is InChI=1S/C5H6N2OS/c1-3-2-7-9-4(3)5(6)8/h2H,1H3,(H2,6,8). The molecule has 0 bridgehead atoms. The molecule has 0 aliphatic rings. The second-order valence-electron chi connectivity index (χ2n) is 1.70. The molecule has 0 spiro atoms. The smallest absolute Gasteiger partial charge is 0.260 e. The number of hydrogen-bond acceptors (Lipinski definition) is 3. The Kier molecular flexibility index (Phi) is 1.48. The highest BCUT2D eigenvalue weighted by molar-refractivity contribution is 7.08.